The average molecular weight is 385 g/mol. The second kappa shape index (κ2) is 6.58. The fraction of sp³-hybridized carbons (Fsp3) is 0.300. The first-order valence-corrected chi connectivity index (χ1v) is 10.3. The van der Waals surface area contributed by atoms with E-state index in [0.717, 1.165) is 12.8 Å². The van der Waals surface area contributed by atoms with E-state index in [1.807, 2.05) is 6.92 Å². The molecule has 7 heteroatoms. The van der Waals surface area contributed by atoms with Gasteiger partial charge in [0.25, 0.3) is 5.91 Å². The molecule has 2 aliphatic heterocycles. The number of sulfone groups is 1. The topological polar surface area (TPSA) is 89.5 Å². The molecular weight excluding hydrogens is 366 g/mol. The first-order chi connectivity index (χ1) is 12.9. The first-order valence-electron chi connectivity index (χ1n) is 8.85. The van der Waals surface area contributed by atoms with Crippen LogP contribution in [0.3, 0.4) is 0 Å². The lowest BCUT2D eigenvalue weighted by atomic mass is 10.0. The van der Waals surface area contributed by atoms with Crippen molar-refractivity contribution in [3.8, 4) is 0 Å². The van der Waals surface area contributed by atoms with Gasteiger partial charge in [0.1, 0.15) is 0 Å². The summed E-state index contributed by atoms with van der Waals surface area (Å²) in [6, 6.07) is 10.1. The van der Waals surface area contributed by atoms with Crippen molar-refractivity contribution in [1.82, 2.24) is 5.32 Å². The molecular formula is C20H19NO5S. The zero-order valence-corrected chi connectivity index (χ0v) is 15.6. The Morgan fingerprint density at radius 3 is 2.63 bits per heavy atom. The molecule has 140 valence electrons. The van der Waals surface area contributed by atoms with Crippen molar-refractivity contribution in [2.45, 2.75) is 41.7 Å². The van der Waals surface area contributed by atoms with Crippen LogP contribution in [0.15, 0.2) is 52.3 Å². The minimum Gasteiger partial charge on any atom is -0.376 e. The molecule has 0 aliphatic carbocycles. The van der Waals surface area contributed by atoms with E-state index in [0.29, 0.717) is 6.61 Å². The van der Waals surface area contributed by atoms with Gasteiger partial charge in [-0.05, 0) is 50.1 Å². The number of carbonyl (C=O) groups is 2. The molecule has 2 atom stereocenters. The number of benzene rings is 2. The monoisotopic (exact) mass is 385 g/mol. The van der Waals surface area contributed by atoms with E-state index >= 15 is 0 Å². The third kappa shape index (κ3) is 2.96. The van der Waals surface area contributed by atoms with Crippen molar-refractivity contribution in [3.63, 3.8) is 0 Å². The van der Waals surface area contributed by atoms with Crippen molar-refractivity contribution in [3.05, 3.63) is 59.2 Å². The van der Waals surface area contributed by atoms with Crippen LogP contribution in [-0.4, -0.2) is 38.9 Å². The van der Waals surface area contributed by atoms with Crippen LogP contribution in [0.2, 0.25) is 0 Å². The SMILES string of the molecule is CC(NC(=O)c1ccc2c(c1)S(=O)(=O)c1ccccc1C2=O)C1CCCO1. The molecule has 0 spiro atoms. The Morgan fingerprint density at radius 1 is 1.15 bits per heavy atom. The van der Waals surface area contributed by atoms with Gasteiger partial charge in [-0.3, -0.25) is 9.59 Å². The van der Waals surface area contributed by atoms with E-state index in [9.17, 15) is 18.0 Å². The molecule has 2 aromatic carbocycles. The summed E-state index contributed by atoms with van der Waals surface area (Å²) < 4.78 is 31.5. The van der Waals surface area contributed by atoms with E-state index in [1.54, 1.807) is 12.1 Å². The Kier molecular flexibility index (Phi) is 4.36. The van der Waals surface area contributed by atoms with Crippen LogP contribution >= 0.6 is 0 Å². The third-order valence-electron chi connectivity index (χ3n) is 5.08. The van der Waals surface area contributed by atoms with Crippen LogP contribution in [0.5, 0.6) is 0 Å². The van der Waals surface area contributed by atoms with Gasteiger partial charge in [0.05, 0.1) is 21.9 Å². The maximum atomic E-state index is 12.9. The van der Waals surface area contributed by atoms with Crippen LogP contribution < -0.4 is 5.32 Å². The number of ketones is 1. The van der Waals surface area contributed by atoms with Crippen molar-refractivity contribution in [2.24, 2.45) is 0 Å². The van der Waals surface area contributed by atoms with Gasteiger partial charge in [-0.15, -0.1) is 0 Å². The molecule has 4 rings (SSSR count). The van der Waals surface area contributed by atoms with Crippen molar-refractivity contribution >= 4 is 21.5 Å². The number of fused-ring (bicyclic) bond motifs is 2. The van der Waals surface area contributed by atoms with Gasteiger partial charge in [-0.2, -0.15) is 0 Å². The molecule has 1 amide bonds. The highest BCUT2D eigenvalue weighted by Gasteiger charge is 2.35. The van der Waals surface area contributed by atoms with Crippen molar-refractivity contribution < 1.29 is 22.7 Å². The molecule has 2 unspecified atom stereocenters. The van der Waals surface area contributed by atoms with Gasteiger partial charge in [0.15, 0.2) is 5.78 Å². The largest absolute Gasteiger partial charge is 0.376 e. The van der Waals surface area contributed by atoms with Crippen molar-refractivity contribution in [1.29, 1.82) is 0 Å². The highest BCUT2D eigenvalue weighted by Crippen LogP contribution is 2.34. The van der Waals surface area contributed by atoms with Crippen LogP contribution in [0.4, 0.5) is 0 Å². The van der Waals surface area contributed by atoms with E-state index in [1.165, 1.54) is 30.3 Å². The molecule has 6 nitrogen and oxygen atoms in total. The normalized spacial score (nSPS) is 21.2. The summed E-state index contributed by atoms with van der Waals surface area (Å²) in [5.74, 6) is -0.739. The molecule has 1 N–H and O–H groups in total. The molecule has 1 fully saturated rings. The predicted octanol–water partition coefficient (Wildman–Crippen LogP) is 2.36. The fourth-order valence-corrected chi connectivity index (χ4v) is 5.28. The standard InChI is InChI=1S/C20H19NO5S/c1-12(16-6-4-10-26-16)21-20(23)13-8-9-15-18(11-13)27(24,25)17-7-3-2-5-14(17)19(15)22/h2-3,5,7-9,11-12,16H,4,6,10H2,1H3,(H,21,23). The molecule has 0 bridgehead atoms. The molecule has 1 saturated heterocycles. The minimum atomic E-state index is -3.86. The Labute approximate surface area is 157 Å². The summed E-state index contributed by atoms with van der Waals surface area (Å²) in [6.07, 6.45) is 1.80. The molecule has 2 aliphatic rings. The number of hydrogen-bond acceptors (Lipinski definition) is 5. The fourth-order valence-electron chi connectivity index (χ4n) is 3.61. The average Bonchev–Trinajstić information content (AvgIpc) is 3.21. The van der Waals surface area contributed by atoms with Crippen LogP contribution in [0.25, 0.3) is 0 Å². The summed E-state index contributed by atoms with van der Waals surface area (Å²) in [6.45, 7) is 2.55. The maximum absolute atomic E-state index is 12.9. The summed E-state index contributed by atoms with van der Waals surface area (Å²) in [5.41, 5.74) is 0.459. The highest BCUT2D eigenvalue weighted by molar-refractivity contribution is 7.91. The van der Waals surface area contributed by atoms with E-state index < -0.39 is 9.84 Å². The zero-order valence-electron chi connectivity index (χ0n) is 14.8. The smallest absolute Gasteiger partial charge is 0.251 e. The van der Waals surface area contributed by atoms with Gasteiger partial charge in [-0.25, -0.2) is 8.42 Å². The zero-order chi connectivity index (χ0) is 19.2. The lowest BCUT2D eigenvalue weighted by molar-refractivity contribution is 0.0712. The number of rotatable bonds is 3. The Morgan fingerprint density at radius 2 is 1.89 bits per heavy atom. The maximum Gasteiger partial charge on any atom is 0.251 e. The molecule has 0 saturated carbocycles. The number of nitrogens with one attached hydrogen (secondary N) is 1. The summed E-state index contributed by atoms with van der Waals surface area (Å²) in [7, 11) is -3.86. The van der Waals surface area contributed by atoms with Crippen molar-refractivity contribution in [2.75, 3.05) is 6.61 Å². The summed E-state index contributed by atoms with van der Waals surface area (Å²) in [4.78, 5) is 25.1. The molecule has 2 heterocycles. The second-order valence-corrected chi connectivity index (χ2v) is 8.74. The number of amides is 1. The number of carbonyl (C=O) groups excluding carboxylic acids is 2. The molecule has 0 aromatic heterocycles. The third-order valence-corrected chi connectivity index (χ3v) is 6.93. The minimum absolute atomic E-state index is 0.0206. The molecule has 0 radical (unpaired) electrons. The van der Waals surface area contributed by atoms with Gasteiger partial charge < -0.3 is 10.1 Å². The summed E-state index contributed by atoms with van der Waals surface area (Å²) in [5, 5.41) is 2.86. The quantitative estimate of drug-likeness (QED) is 0.748. The van der Waals surface area contributed by atoms with Gasteiger partial charge in [0.2, 0.25) is 9.84 Å². The van der Waals surface area contributed by atoms with Gasteiger partial charge >= 0.3 is 0 Å². The Hall–Kier alpha value is -2.51. The predicted molar refractivity (Wildman–Crippen MR) is 97.7 cm³/mol. The molecule has 2 aromatic rings. The lowest BCUT2D eigenvalue weighted by Gasteiger charge is -2.21. The molecule has 27 heavy (non-hydrogen) atoms. The summed E-state index contributed by atoms with van der Waals surface area (Å²) >= 11 is 0. The Bertz CT molecular complexity index is 1040. The Balaban J connectivity index is 1.68. The lowest BCUT2D eigenvalue weighted by Crippen LogP contribution is -2.40. The van der Waals surface area contributed by atoms with Gasteiger partial charge in [-0.1, -0.05) is 12.1 Å². The van der Waals surface area contributed by atoms with Crippen LogP contribution in [0.1, 0.15) is 46.0 Å². The highest BCUT2D eigenvalue weighted by atomic mass is 32.2. The first kappa shape index (κ1) is 17.9. The second-order valence-electron chi connectivity index (χ2n) is 6.85. The van der Waals surface area contributed by atoms with Crippen LogP contribution in [0, 0.1) is 0 Å². The van der Waals surface area contributed by atoms with Gasteiger partial charge in [0, 0.05) is 23.3 Å². The number of hydrogen-bond donors (Lipinski definition) is 1. The van der Waals surface area contributed by atoms with Crippen LogP contribution in [-0.2, 0) is 14.6 Å². The van der Waals surface area contributed by atoms with E-state index in [4.69, 9.17) is 4.74 Å². The van der Waals surface area contributed by atoms with E-state index in [2.05, 4.69) is 5.32 Å². The van der Waals surface area contributed by atoms with E-state index in [-0.39, 0.29) is 50.3 Å². The number of ether oxygens (including phenoxy) is 1.